The largest absolute Gasteiger partial charge is 0.368 e. The fourth-order valence-electron chi connectivity index (χ4n) is 4.71. The van der Waals surface area contributed by atoms with Crippen LogP contribution < -0.4 is 15.8 Å². The van der Waals surface area contributed by atoms with Crippen molar-refractivity contribution >= 4 is 28.4 Å². The topological polar surface area (TPSA) is 94.2 Å². The Kier molecular flexibility index (Phi) is 5.28. The minimum atomic E-state index is -2.89. The number of nitrogens with one attached hydrogen (secondary N) is 2. The molecule has 3 fully saturated rings. The van der Waals surface area contributed by atoms with Crippen molar-refractivity contribution < 1.29 is 13.6 Å². The first-order chi connectivity index (χ1) is 16.9. The number of hydrogen-bond acceptors (Lipinski definition) is 6. The van der Waals surface area contributed by atoms with Gasteiger partial charge < -0.3 is 15.2 Å². The van der Waals surface area contributed by atoms with E-state index < -0.39 is 24.2 Å². The van der Waals surface area contributed by atoms with Crippen LogP contribution in [0.15, 0.2) is 41.5 Å². The van der Waals surface area contributed by atoms with Crippen LogP contribution in [-0.2, 0) is 11.3 Å². The summed E-state index contributed by atoms with van der Waals surface area (Å²) in [5.41, 5.74) is 4.44. The van der Waals surface area contributed by atoms with E-state index in [2.05, 4.69) is 30.1 Å². The molecule has 2 saturated carbocycles. The van der Waals surface area contributed by atoms with Gasteiger partial charge in [-0.1, -0.05) is 0 Å². The fraction of sp³-hybridized carbons (Fsp3) is 0.440. The van der Waals surface area contributed by atoms with E-state index in [1.54, 1.807) is 12.3 Å². The number of aromatic nitrogens is 3. The number of amides is 1. The summed E-state index contributed by atoms with van der Waals surface area (Å²) in [5, 5.41) is 2.47. The number of rotatable bonds is 6. The average Bonchev–Trinajstić information content (AvgIpc) is 3.77. The molecule has 2 aliphatic carbocycles. The standard InChI is InChI=1S/C25H26F2N6O2/c26-25(27)11-19(25)24(35)31-22-4-3-17(13-29-22)33-7-5-32(6-8-33)14-15-9-21-20(28-12-15)10-18(16-1-2-16)23(34)30-21/h3-4,9-10,12-13,16,19H,1-2,5-8,11,14H2,(H,30,34)(H,29,31,35). The lowest BCUT2D eigenvalue weighted by Gasteiger charge is -2.36. The van der Waals surface area contributed by atoms with Crippen LogP contribution in [0.25, 0.3) is 11.0 Å². The summed E-state index contributed by atoms with van der Waals surface area (Å²) >= 11 is 0. The van der Waals surface area contributed by atoms with Gasteiger partial charge in [-0.3, -0.25) is 19.5 Å². The van der Waals surface area contributed by atoms with Gasteiger partial charge in [-0.25, -0.2) is 13.8 Å². The Bertz CT molecular complexity index is 1330. The highest BCUT2D eigenvalue weighted by Crippen LogP contribution is 2.49. The molecule has 1 amide bonds. The number of pyridine rings is 3. The van der Waals surface area contributed by atoms with Gasteiger partial charge in [0, 0.05) is 50.9 Å². The number of aromatic amines is 1. The van der Waals surface area contributed by atoms with Crippen molar-refractivity contribution in [2.75, 3.05) is 36.4 Å². The van der Waals surface area contributed by atoms with Crippen molar-refractivity contribution in [1.82, 2.24) is 19.9 Å². The molecule has 1 unspecified atom stereocenters. The predicted molar refractivity (Wildman–Crippen MR) is 128 cm³/mol. The van der Waals surface area contributed by atoms with Gasteiger partial charge in [-0.15, -0.1) is 0 Å². The highest BCUT2D eigenvalue weighted by Gasteiger charge is 2.61. The van der Waals surface area contributed by atoms with Crippen LogP contribution in [0.1, 0.15) is 36.3 Å². The molecule has 1 atom stereocenters. The van der Waals surface area contributed by atoms with Gasteiger partial charge in [-0.2, -0.15) is 0 Å². The molecule has 0 spiro atoms. The Hall–Kier alpha value is -3.40. The summed E-state index contributed by atoms with van der Waals surface area (Å²) in [6.45, 7) is 4.07. The predicted octanol–water partition coefficient (Wildman–Crippen LogP) is 3.11. The molecule has 182 valence electrons. The molecule has 2 N–H and O–H groups in total. The monoisotopic (exact) mass is 480 g/mol. The number of carbonyl (C=O) groups is 1. The lowest BCUT2D eigenvalue weighted by Crippen LogP contribution is -2.46. The number of anilines is 2. The minimum absolute atomic E-state index is 0.00256. The first-order valence-corrected chi connectivity index (χ1v) is 12.0. The molecular weight excluding hydrogens is 454 g/mol. The van der Waals surface area contributed by atoms with Crippen molar-refractivity contribution in [2.24, 2.45) is 5.92 Å². The Morgan fingerprint density at radius 2 is 1.89 bits per heavy atom. The van der Waals surface area contributed by atoms with Gasteiger partial charge in [0.05, 0.1) is 22.9 Å². The summed E-state index contributed by atoms with van der Waals surface area (Å²) in [4.78, 5) is 40.6. The van der Waals surface area contributed by atoms with E-state index in [9.17, 15) is 18.4 Å². The maximum absolute atomic E-state index is 13.0. The molecule has 3 aromatic rings. The summed E-state index contributed by atoms with van der Waals surface area (Å²) in [5.74, 6) is -4.13. The maximum Gasteiger partial charge on any atom is 0.260 e. The Morgan fingerprint density at radius 1 is 1.11 bits per heavy atom. The van der Waals surface area contributed by atoms with Crippen molar-refractivity contribution in [3.05, 3.63) is 58.1 Å². The van der Waals surface area contributed by atoms with Gasteiger partial charge in [0.25, 0.3) is 11.5 Å². The number of fused-ring (bicyclic) bond motifs is 1. The molecule has 0 bridgehead atoms. The zero-order valence-electron chi connectivity index (χ0n) is 19.1. The van der Waals surface area contributed by atoms with Gasteiger partial charge in [-0.05, 0) is 48.6 Å². The number of hydrogen-bond donors (Lipinski definition) is 2. The number of nitrogens with zero attached hydrogens (tertiary/aromatic N) is 4. The third kappa shape index (κ3) is 4.62. The molecule has 35 heavy (non-hydrogen) atoms. The van der Waals surface area contributed by atoms with Crippen LogP contribution in [0.3, 0.4) is 0 Å². The quantitative estimate of drug-likeness (QED) is 0.563. The molecule has 10 heteroatoms. The van der Waals surface area contributed by atoms with E-state index in [1.165, 1.54) is 0 Å². The third-order valence-corrected chi connectivity index (χ3v) is 7.08. The van der Waals surface area contributed by atoms with Gasteiger partial charge >= 0.3 is 0 Å². The molecular formula is C25H26F2N6O2. The number of H-pyrrole nitrogens is 1. The number of piperazine rings is 1. The van der Waals surface area contributed by atoms with Crippen LogP contribution in [0.5, 0.6) is 0 Å². The minimum Gasteiger partial charge on any atom is -0.368 e. The first kappa shape index (κ1) is 22.1. The summed E-state index contributed by atoms with van der Waals surface area (Å²) < 4.78 is 26.1. The van der Waals surface area contributed by atoms with Crippen molar-refractivity contribution in [2.45, 2.75) is 37.6 Å². The van der Waals surface area contributed by atoms with E-state index in [1.807, 2.05) is 24.4 Å². The zero-order valence-corrected chi connectivity index (χ0v) is 19.1. The lowest BCUT2D eigenvalue weighted by molar-refractivity contribution is -0.119. The van der Waals surface area contributed by atoms with E-state index in [4.69, 9.17) is 0 Å². The van der Waals surface area contributed by atoms with Gasteiger partial charge in [0.2, 0.25) is 5.91 Å². The molecule has 4 heterocycles. The Labute approximate surface area is 200 Å². The molecule has 3 aromatic heterocycles. The summed E-state index contributed by atoms with van der Waals surface area (Å²) in [7, 11) is 0. The normalized spacial score (nSPS) is 21.8. The molecule has 1 aliphatic heterocycles. The van der Waals surface area contributed by atoms with Crippen LogP contribution in [0.4, 0.5) is 20.3 Å². The second kappa shape index (κ2) is 8.37. The second-order valence-electron chi connectivity index (χ2n) is 9.78. The van der Waals surface area contributed by atoms with Crippen molar-refractivity contribution in [3.63, 3.8) is 0 Å². The highest BCUT2D eigenvalue weighted by atomic mass is 19.3. The van der Waals surface area contributed by atoms with Crippen LogP contribution in [0, 0.1) is 5.92 Å². The fourth-order valence-corrected chi connectivity index (χ4v) is 4.71. The van der Waals surface area contributed by atoms with Crippen molar-refractivity contribution in [3.8, 4) is 0 Å². The Morgan fingerprint density at radius 3 is 2.54 bits per heavy atom. The zero-order chi connectivity index (χ0) is 24.2. The van der Waals surface area contributed by atoms with Gasteiger partial charge in [0.15, 0.2) is 0 Å². The maximum atomic E-state index is 13.0. The molecule has 0 radical (unpaired) electrons. The first-order valence-electron chi connectivity index (χ1n) is 12.0. The second-order valence-corrected chi connectivity index (χ2v) is 9.78. The van der Waals surface area contributed by atoms with Crippen LogP contribution >= 0.6 is 0 Å². The molecule has 0 aromatic carbocycles. The smallest absolute Gasteiger partial charge is 0.260 e. The lowest BCUT2D eigenvalue weighted by atomic mass is 10.1. The van der Waals surface area contributed by atoms with E-state index in [-0.39, 0.29) is 11.4 Å². The van der Waals surface area contributed by atoms with E-state index in [0.29, 0.717) is 5.92 Å². The SMILES string of the molecule is O=C(Nc1ccc(N2CCN(Cc3cnc4cc(C5CC5)c(=O)[nH]c4c3)CC2)cn1)C1CC1(F)F. The number of halogens is 2. The van der Waals surface area contributed by atoms with Crippen LogP contribution in [0.2, 0.25) is 0 Å². The van der Waals surface area contributed by atoms with Crippen LogP contribution in [-0.4, -0.2) is 57.9 Å². The molecule has 8 nitrogen and oxygen atoms in total. The van der Waals surface area contributed by atoms with E-state index in [0.717, 1.165) is 73.4 Å². The third-order valence-electron chi connectivity index (χ3n) is 7.08. The van der Waals surface area contributed by atoms with Crippen molar-refractivity contribution in [1.29, 1.82) is 0 Å². The molecule has 6 rings (SSSR count). The molecule has 1 saturated heterocycles. The average molecular weight is 481 g/mol. The Balaban J connectivity index is 1.04. The summed E-state index contributed by atoms with van der Waals surface area (Å²) in [6.07, 6.45) is 5.32. The highest BCUT2D eigenvalue weighted by molar-refractivity contribution is 5.94. The molecule has 3 aliphatic rings. The summed E-state index contributed by atoms with van der Waals surface area (Å²) in [6, 6.07) is 7.45. The number of alkyl halides is 2. The number of carbonyl (C=O) groups excluding carboxylic acids is 1. The van der Waals surface area contributed by atoms with E-state index >= 15 is 0 Å². The van der Waals surface area contributed by atoms with Gasteiger partial charge in [0.1, 0.15) is 11.7 Å².